The average molecular weight is 527 g/mol. The lowest BCUT2D eigenvalue weighted by Crippen LogP contribution is -2.42. The van der Waals surface area contributed by atoms with Gasteiger partial charge >= 0.3 is 0 Å². The van der Waals surface area contributed by atoms with Gasteiger partial charge in [0.05, 0.1) is 17.5 Å². The monoisotopic (exact) mass is 526 g/mol. The summed E-state index contributed by atoms with van der Waals surface area (Å²) in [5.41, 5.74) is 4.15. The molecule has 1 unspecified atom stereocenters. The van der Waals surface area contributed by atoms with Crippen molar-refractivity contribution in [2.75, 3.05) is 6.54 Å². The first-order chi connectivity index (χ1) is 15.8. The number of nitrogens with one attached hydrogen (secondary N) is 1. The van der Waals surface area contributed by atoms with Crippen LogP contribution in [-0.4, -0.2) is 25.2 Å². The molecular formula is C26H27BrN2O3S. The summed E-state index contributed by atoms with van der Waals surface area (Å²) in [6, 6.07) is 22.2. The van der Waals surface area contributed by atoms with Gasteiger partial charge in [0.25, 0.3) is 0 Å². The van der Waals surface area contributed by atoms with Gasteiger partial charge in [-0.15, -0.1) is 0 Å². The van der Waals surface area contributed by atoms with E-state index in [4.69, 9.17) is 0 Å². The van der Waals surface area contributed by atoms with Gasteiger partial charge in [-0.05, 0) is 67.1 Å². The molecule has 0 aromatic heterocycles. The van der Waals surface area contributed by atoms with Gasteiger partial charge < -0.3 is 5.32 Å². The van der Waals surface area contributed by atoms with Crippen LogP contribution in [0, 0.1) is 6.92 Å². The number of carbonyl (C=O) groups excluding carboxylic acids is 1. The molecule has 1 atom stereocenters. The molecule has 0 heterocycles. The van der Waals surface area contributed by atoms with Crippen LogP contribution in [-0.2, 0) is 27.8 Å². The normalized spacial score (nSPS) is 15.8. The van der Waals surface area contributed by atoms with Crippen molar-refractivity contribution in [3.63, 3.8) is 0 Å². The fourth-order valence-corrected chi connectivity index (χ4v) is 5.83. The number of carbonyl (C=O) groups is 1. The summed E-state index contributed by atoms with van der Waals surface area (Å²) in [5, 5.41) is 3.08. The highest BCUT2D eigenvalue weighted by Crippen LogP contribution is 2.29. The fraction of sp³-hybridized carbons (Fsp3) is 0.269. The van der Waals surface area contributed by atoms with Crippen LogP contribution in [0.3, 0.4) is 0 Å². The largest absolute Gasteiger partial charge is 0.348 e. The summed E-state index contributed by atoms with van der Waals surface area (Å²) < 4.78 is 29.1. The Morgan fingerprint density at radius 2 is 1.73 bits per heavy atom. The standard InChI is InChI=1S/C26H27BrN2O3S/c1-19-9-15-23(16-10-19)33(31,32)29(17-20-11-13-22(27)14-12-20)18-26(30)28-25-8-4-6-21-5-2-3-7-24(21)25/h2-3,5,7,9-16,25H,4,6,8,17-18H2,1H3,(H,28,30). The van der Waals surface area contributed by atoms with E-state index >= 15 is 0 Å². The zero-order valence-corrected chi connectivity index (χ0v) is 20.9. The van der Waals surface area contributed by atoms with Crippen molar-refractivity contribution in [1.82, 2.24) is 9.62 Å². The van der Waals surface area contributed by atoms with Crippen molar-refractivity contribution < 1.29 is 13.2 Å². The van der Waals surface area contributed by atoms with E-state index in [1.165, 1.54) is 9.87 Å². The topological polar surface area (TPSA) is 66.5 Å². The second-order valence-corrected chi connectivity index (χ2v) is 11.3. The third-order valence-electron chi connectivity index (χ3n) is 5.96. The van der Waals surface area contributed by atoms with Gasteiger partial charge in [-0.25, -0.2) is 8.42 Å². The van der Waals surface area contributed by atoms with E-state index in [1.54, 1.807) is 24.3 Å². The Labute approximate surface area is 204 Å². The number of fused-ring (bicyclic) bond motifs is 1. The molecule has 0 fully saturated rings. The lowest BCUT2D eigenvalue weighted by molar-refractivity contribution is -0.122. The Morgan fingerprint density at radius 1 is 1.03 bits per heavy atom. The minimum absolute atomic E-state index is 0.0981. The molecule has 0 radical (unpaired) electrons. The van der Waals surface area contributed by atoms with Crippen molar-refractivity contribution in [2.45, 2.75) is 43.7 Å². The lowest BCUT2D eigenvalue weighted by atomic mass is 9.88. The van der Waals surface area contributed by atoms with E-state index in [2.05, 4.69) is 27.3 Å². The smallest absolute Gasteiger partial charge is 0.243 e. The van der Waals surface area contributed by atoms with Crippen LogP contribution in [0.25, 0.3) is 0 Å². The molecule has 3 aromatic rings. The molecule has 172 valence electrons. The summed E-state index contributed by atoms with van der Waals surface area (Å²) >= 11 is 3.41. The van der Waals surface area contributed by atoms with Gasteiger partial charge in [0.2, 0.25) is 15.9 Å². The minimum atomic E-state index is -3.86. The molecule has 0 saturated heterocycles. The van der Waals surface area contributed by atoms with E-state index in [0.717, 1.165) is 40.4 Å². The quantitative estimate of drug-likeness (QED) is 0.463. The molecule has 1 N–H and O–H groups in total. The number of sulfonamides is 1. The van der Waals surface area contributed by atoms with Crippen LogP contribution in [0.4, 0.5) is 0 Å². The number of aryl methyl sites for hydroxylation is 2. The Balaban J connectivity index is 1.57. The van der Waals surface area contributed by atoms with Crippen LogP contribution in [0.5, 0.6) is 0 Å². The maximum absolute atomic E-state index is 13.5. The predicted octanol–water partition coefficient (Wildman–Crippen LogP) is 5.14. The van der Waals surface area contributed by atoms with Gasteiger partial charge in [0, 0.05) is 11.0 Å². The van der Waals surface area contributed by atoms with E-state index < -0.39 is 10.0 Å². The van der Waals surface area contributed by atoms with Crippen LogP contribution in [0.1, 0.15) is 41.1 Å². The molecule has 7 heteroatoms. The van der Waals surface area contributed by atoms with Gasteiger partial charge in [-0.2, -0.15) is 4.31 Å². The maximum atomic E-state index is 13.5. The second kappa shape index (κ2) is 10.2. The van der Waals surface area contributed by atoms with Crippen molar-refractivity contribution in [3.05, 3.63) is 99.5 Å². The Kier molecular flexibility index (Phi) is 7.32. The summed E-state index contributed by atoms with van der Waals surface area (Å²) in [4.78, 5) is 13.3. The summed E-state index contributed by atoms with van der Waals surface area (Å²) in [5.74, 6) is -0.301. The number of hydrogen-bond acceptors (Lipinski definition) is 3. The second-order valence-electron chi connectivity index (χ2n) is 8.42. The molecule has 33 heavy (non-hydrogen) atoms. The zero-order chi connectivity index (χ0) is 23.4. The molecule has 3 aromatic carbocycles. The van der Waals surface area contributed by atoms with E-state index in [0.29, 0.717) is 0 Å². The molecule has 0 saturated carbocycles. The summed E-state index contributed by atoms with van der Waals surface area (Å²) in [6.45, 7) is 1.77. The Bertz CT molecular complexity index is 1230. The SMILES string of the molecule is Cc1ccc(S(=O)(=O)N(CC(=O)NC2CCCc3ccccc32)Cc2ccc(Br)cc2)cc1. The van der Waals surface area contributed by atoms with Crippen molar-refractivity contribution in [3.8, 4) is 0 Å². The molecule has 0 aliphatic heterocycles. The number of hydrogen-bond donors (Lipinski definition) is 1. The third kappa shape index (κ3) is 5.72. The average Bonchev–Trinajstić information content (AvgIpc) is 2.80. The highest BCUT2D eigenvalue weighted by atomic mass is 79.9. The van der Waals surface area contributed by atoms with Crippen LogP contribution in [0.2, 0.25) is 0 Å². The predicted molar refractivity (Wildman–Crippen MR) is 133 cm³/mol. The fourth-order valence-electron chi connectivity index (χ4n) is 4.18. The molecule has 1 aliphatic rings. The van der Waals surface area contributed by atoms with Crippen LogP contribution in [0.15, 0.2) is 82.2 Å². The van der Waals surface area contributed by atoms with E-state index in [1.807, 2.05) is 49.4 Å². The Morgan fingerprint density at radius 3 is 2.45 bits per heavy atom. The first kappa shape index (κ1) is 23.7. The molecular weight excluding hydrogens is 500 g/mol. The van der Waals surface area contributed by atoms with Gasteiger partial charge in [0.1, 0.15) is 0 Å². The zero-order valence-electron chi connectivity index (χ0n) is 18.5. The van der Waals surface area contributed by atoms with E-state index in [-0.39, 0.29) is 29.9 Å². The van der Waals surface area contributed by atoms with Crippen LogP contribution >= 0.6 is 15.9 Å². The minimum Gasteiger partial charge on any atom is -0.348 e. The highest BCUT2D eigenvalue weighted by Gasteiger charge is 2.29. The molecule has 1 aliphatic carbocycles. The highest BCUT2D eigenvalue weighted by molar-refractivity contribution is 9.10. The van der Waals surface area contributed by atoms with Crippen molar-refractivity contribution >= 4 is 31.9 Å². The molecule has 0 spiro atoms. The van der Waals surface area contributed by atoms with Gasteiger partial charge in [-0.1, -0.05) is 70.0 Å². The first-order valence-corrected chi connectivity index (χ1v) is 13.2. The number of benzene rings is 3. The number of halogens is 1. The lowest BCUT2D eigenvalue weighted by Gasteiger charge is -2.28. The van der Waals surface area contributed by atoms with E-state index in [9.17, 15) is 13.2 Å². The van der Waals surface area contributed by atoms with Crippen LogP contribution < -0.4 is 5.32 Å². The third-order valence-corrected chi connectivity index (χ3v) is 8.29. The molecule has 4 rings (SSSR count). The summed E-state index contributed by atoms with van der Waals surface area (Å²) in [6.07, 6.45) is 2.84. The number of nitrogens with zero attached hydrogens (tertiary/aromatic N) is 1. The first-order valence-electron chi connectivity index (χ1n) is 11.0. The molecule has 5 nitrogen and oxygen atoms in total. The number of amides is 1. The van der Waals surface area contributed by atoms with Crippen molar-refractivity contribution in [1.29, 1.82) is 0 Å². The van der Waals surface area contributed by atoms with Gasteiger partial charge in [-0.3, -0.25) is 4.79 Å². The summed E-state index contributed by atoms with van der Waals surface area (Å²) in [7, 11) is -3.86. The molecule has 1 amide bonds. The Hall–Kier alpha value is -2.48. The maximum Gasteiger partial charge on any atom is 0.243 e. The van der Waals surface area contributed by atoms with Gasteiger partial charge in [0.15, 0.2) is 0 Å². The van der Waals surface area contributed by atoms with Crippen molar-refractivity contribution in [2.24, 2.45) is 0 Å². The molecule has 0 bridgehead atoms. The number of rotatable bonds is 7.